The Morgan fingerprint density at radius 3 is 2.43 bits per heavy atom. The van der Waals surface area contributed by atoms with Crippen LogP contribution in [0.1, 0.15) is 48.6 Å². The van der Waals surface area contributed by atoms with E-state index in [2.05, 4.69) is 15.1 Å². The van der Waals surface area contributed by atoms with Crippen LogP contribution in [-0.4, -0.2) is 46.2 Å². The number of alkyl halides is 3. The first-order valence-corrected chi connectivity index (χ1v) is 12.0. The van der Waals surface area contributed by atoms with E-state index in [1.54, 1.807) is 4.90 Å². The quantitative estimate of drug-likeness (QED) is 0.375. The SMILES string of the molecule is Cc1c(C(F)(F)F)cc([N+](=O)[O-])c2sc(N3CCN(c4nc(C5CCCC5)no4)CC3)nc(=O)c12. The lowest BCUT2D eigenvalue weighted by Gasteiger charge is -2.33. The number of nitrogens with zero attached hydrogens (tertiary/aromatic N) is 6. The van der Waals surface area contributed by atoms with Crippen molar-refractivity contribution in [3.8, 4) is 0 Å². The highest BCUT2D eigenvalue weighted by Crippen LogP contribution is 2.41. The fraction of sp³-hybridized carbons (Fsp3) is 0.524. The molecule has 1 aromatic carbocycles. The molecule has 1 saturated heterocycles. The first-order chi connectivity index (χ1) is 16.6. The van der Waals surface area contributed by atoms with E-state index in [9.17, 15) is 28.1 Å². The van der Waals surface area contributed by atoms with Crippen LogP contribution < -0.4 is 15.4 Å². The van der Waals surface area contributed by atoms with Gasteiger partial charge in [0.05, 0.1) is 15.9 Å². The molecule has 35 heavy (non-hydrogen) atoms. The van der Waals surface area contributed by atoms with Gasteiger partial charge in [-0.15, -0.1) is 0 Å². The molecule has 3 aromatic rings. The van der Waals surface area contributed by atoms with Crippen LogP contribution in [0.5, 0.6) is 0 Å². The molecular weight excluding hydrogens is 489 g/mol. The Morgan fingerprint density at radius 1 is 1.14 bits per heavy atom. The van der Waals surface area contributed by atoms with Crippen LogP contribution in [0.15, 0.2) is 15.4 Å². The topological polar surface area (TPSA) is 118 Å². The van der Waals surface area contributed by atoms with Gasteiger partial charge in [0.2, 0.25) is 0 Å². The van der Waals surface area contributed by atoms with Crippen LogP contribution in [0.4, 0.5) is 30.0 Å². The molecule has 0 spiro atoms. The molecule has 1 aliphatic carbocycles. The number of rotatable bonds is 4. The second-order valence-electron chi connectivity index (χ2n) is 8.72. The molecule has 0 unspecified atom stereocenters. The van der Waals surface area contributed by atoms with Gasteiger partial charge in [-0.1, -0.05) is 29.3 Å². The summed E-state index contributed by atoms with van der Waals surface area (Å²) in [5, 5.41) is 15.6. The highest BCUT2D eigenvalue weighted by Gasteiger charge is 2.37. The van der Waals surface area contributed by atoms with Gasteiger partial charge < -0.3 is 14.3 Å². The number of aromatic nitrogens is 3. The molecule has 0 bridgehead atoms. The molecule has 0 amide bonds. The summed E-state index contributed by atoms with van der Waals surface area (Å²) in [4.78, 5) is 35.7. The molecule has 14 heteroatoms. The zero-order valence-electron chi connectivity index (χ0n) is 18.7. The van der Waals surface area contributed by atoms with Crippen LogP contribution in [0.2, 0.25) is 0 Å². The van der Waals surface area contributed by atoms with Crippen molar-refractivity contribution in [2.24, 2.45) is 0 Å². The lowest BCUT2D eigenvalue weighted by Crippen LogP contribution is -2.47. The van der Waals surface area contributed by atoms with Crippen LogP contribution in [-0.2, 0) is 6.18 Å². The molecule has 3 heterocycles. The minimum atomic E-state index is -4.83. The van der Waals surface area contributed by atoms with Crippen LogP contribution in [0.25, 0.3) is 10.1 Å². The maximum absolute atomic E-state index is 13.4. The van der Waals surface area contributed by atoms with E-state index in [1.807, 2.05) is 4.90 Å². The molecule has 2 aromatic heterocycles. The second kappa shape index (κ2) is 8.73. The summed E-state index contributed by atoms with van der Waals surface area (Å²) in [6.07, 6.45) is -0.416. The third kappa shape index (κ3) is 4.30. The van der Waals surface area contributed by atoms with E-state index < -0.39 is 27.9 Å². The lowest BCUT2D eigenvalue weighted by atomic mass is 10.0. The molecular formula is C21H21F3N6O4S. The van der Waals surface area contributed by atoms with Crippen molar-refractivity contribution in [2.75, 3.05) is 36.0 Å². The fourth-order valence-electron chi connectivity index (χ4n) is 4.72. The van der Waals surface area contributed by atoms with E-state index in [0.717, 1.165) is 49.8 Å². The molecule has 2 aliphatic rings. The summed E-state index contributed by atoms with van der Waals surface area (Å²) in [5.41, 5.74) is -3.24. The summed E-state index contributed by atoms with van der Waals surface area (Å²) in [6, 6.07) is 0.921. The number of anilines is 2. The van der Waals surface area contributed by atoms with Crippen LogP contribution in [0, 0.1) is 17.0 Å². The Balaban J connectivity index is 1.41. The van der Waals surface area contributed by atoms with Crippen molar-refractivity contribution in [2.45, 2.75) is 44.7 Å². The van der Waals surface area contributed by atoms with Gasteiger partial charge in [-0.05, 0) is 25.3 Å². The second-order valence-corrected chi connectivity index (χ2v) is 9.70. The predicted octanol–water partition coefficient (Wildman–Crippen LogP) is 4.26. The number of non-ortho nitro benzene ring substituents is 1. The van der Waals surface area contributed by atoms with E-state index in [0.29, 0.717) is 44.2 Å². The van der Waals surface area contributed by atoms with Gasteiger partial charge in [0.15, 0.2) is 11.0 Å². The number of hydrogen-bond donors (Lipinski definition) is 0. The van der Waals surface area contributed by atoms with Crippen molar-refractivity contribution in [3.05, 3.63) is 43.5 Å². The van der Waals surface area contributed by atoms with E-state index in [1.165, 1.54) is 0 Å². The van der Waals surface area contributed by atoms with E-state index in [4.69, 9.17) is 4.52 Å². The Morgan fingerprint density at radius 2 is 1.80 bits per heavy atom. The van der Waals surface area contributed by atoms with Crippen molar-refractivity contribution < 1.29 is 22.6 Å². The Kier molecular flexibility index (Phi) is 5.85. The van der Waals surface area contributed by atoms with Gasteiger partial charge >= 0.3 is 12.2 Å². The summed E-state index contributed by atoms with van der Waals surface area (Å²) >= 11 is 0.850. The summed E-state index contributed by atoms with van der Waals surface area (Å²) < 4.78 is 45.6. The molecule has 0 atom stereocenters. The zero-order chi connectivity index (χ0) is 24.9. The molecule has 1 saturated carbocycles. The largest absolute Gasteiger partial charge is 0.416 e. The van der Waals surface area contributed by atoms with Crippen LogP contribution in [0.3, 0.4) is 0 Å². The van der Waals surface area contributed by atoms with E-state index in [-0.39, 0.29) is 20.8 Å². The molecule has 2 fully saturated rings. The molecule has 1 aliphatic heterocycles. The summed E-state index contributed by atoms with van der Waals surface area (Å²) in [5.74, 6) is 1.04. The number of piperazine rings is 1. The normalized spacial score (nSPS) is 17.5. The Bertz CT molecular complexity index is 1340. The highest BCUT2D eigenvalue weighted by atomic mass is 32.1. The number of nitro benzene ring substituents is 1. The summed E-state index contributed by atoms with van der Waals surface area (Å²) in [6.45, 7) is 2.95. The standard InChI is InChI=1S/C21H21F3N6O4S/c1-11-13(21(22,23)24)10-14(30(32)33)16-15(11)18(31)26-20(35-16)29-8-6-28(7-9-29)19-25-17(27-34-19)12-4-2-3-5-12/h10,12H,2-9H2,1H3. The summed E-state index contributed by atoms with van der Waals surface area (Å²) in [7, 11) is 0. The van der Waals surface area contributed by atoms with E-state index >= 15 is 0 Å². The third-order valence-corrected chi connectivity index (χ3v) is 7.75. The number of fused-ring (bicyclic) bond motifs is 1. The molecule has 186 valence electrons. The molecule has 10 nitrogen and oxygen atoms in total. The monoisotopic (exact) mass is 510 g/mol. The van der Waals surface area contributed by atoms with Gasteiger partial charge in [-0.3, -0.25) is 14.9 Å². The van der Waals surface area contributed by atoms with Crippen molar-refractivity contribution >= 4 is 38.3 Å². The highest BCUT2D eigenvalue weighted by molar-refractivity contribution is 7.22. The lowest BCUT2D eigenvalue weighted by molar-refractivity contribution is -0.383. The first-order valence-electron chi connectivity index (χ1n) is 11.2. The van der Waals surface area contributed by atoms with Gasteiger partial charge in [-0.2, -0.15) is 23.1 Å². The van der Waals surface area contributed by atoms with Gasteiger partial charge in [0.1, 0.15) is 4.70 Å². The number of nitro groups is 1. The number of halogens is 3. The maximum atomic E-state index is 13.4. The Labute approximate surface area is 200 Å². The van der Waals surface area contributed by atoms with Crippen molar-refractivity contribution in [1.29, 1.82) is 0 Å². The Hall–Kier alpha value is -3.29. The number of hydrogen-bond acceptors (Lipinski definition) is 10. The zero-order valence-corrected chi connectivity index (χ0v) is 19.5. The number of aryl methyl sites for hydroxylation is 1. The maximum Gasteiger partial charge on any atom is 0.416 e. The van der Waals surface area contributed by atoms with Gasteiger partial charge in [-0.25, -0.2) is 0 Å². The van der Waals surface area contributed by atoms with Crippen LogP contribution >= 0.6 is 11.3 Å². The number of benzene rings is 1. The third-order valence-electron chi connectivity index (χ3n) is 6.60. The predicted molar refractivity (Wildman–Crippen MR) is 122 cm³/mol. The molecule has 5 rings (SSSR count). The molecule has 0 N–H and O–H groups in total. The van der Waals surface area contributed by atoms with Gasteiger partial charge in [0, 0.05) is 38.2 Å². The average molecular weight is 510 g/mol. The smallest absolute Gasteiger partial charge is 0.344 e. The minimum Gasteiger partial charge on any atom is -0.344 e. The van der Waals surface area contributed by atoms with Crippen molar-refractivity contribution in [1.82, 2.24) is 15.1 Å². The van der Waals surface area contributed by atoms with Gasteiger partial charge in [0.25, 0.3) is 11.2 Å². The minimum absolute atomic E-state index is 0.115. The first kappa shape index (κ1) is 23.5. The fourth-order valence-corrected chi connectivity index (χ4v) is 5.92. The average Bonchev–Trinajstić information content (AvgIpc) is 3.50. The molecule has 0 radical (unpaired) electrons. The van der Waals surface area contributed by atoms with Crippen molar-refractivity contribution in [3.63, 3.8) is 0 Å².